The van der Waals surface area contributed by atoms with Crippen LogP contribution in [0.1, 0.15) is 12.8 Å². The van der Waals surface area contributed by atoms with Gasteiger partial charge in [0, 0.05) is 23.7 Å². The van der Waals surface area contributed by atoms with E-state index in [9.17, 15) is 0 Å². The highest BCUT2D eigenvalue weighted by molar-refractivity contribution is 7.98. The topological polar surface area (TPSA) is 90.6 Å². The zero-order chi connectivity index (χ0) is 17.8. The monoisotopic (exact) mass is 369 g/mol. The zero-order valence-corrected chi connectivity index (χ0v) is 15.6. The van der Waals surface area contributed by atoms with Gasteiger partial charge >= 0.3 is 0 Å². The fraction of sp³-hybridized carbons (Fsp3) is 0.389. The lowest BCUT2D eigenvalue weighted by Gasteiger charge is -2.23. The molecule has 2 aromatic heterocycles. The lowest BCUT2D eigenvalue weighted by Crippen LogP contribution is -2.31. The zero-order valence-electron chi connectivity index (χ0n) is 14.7. The van der Waals surface area contributed by atoms with E-state index in [2.05, 4.69) is 42.2 Å². The van der Waals surface area contributed by atoms with Crippen LogP contribution in [-0.4, -0.2) is 46.1 Å². The van der Waals surface area contributed by atoms with E-state index in [-0.39, 0.29) is 0 Å². The first-order valence-corrected chi connectivity index (χ1v) is 10.1. The van der Waals surface area contributed by atoms with E-state index in [1.54, 1.807) is 11.8 Å². The molecule has 4 N–H and O–H groups in total. The number of aromatic nitrogens is 4. The first-order valence-electron chi connectivity index (χ1n) is 8.88. The Morgan fingerprint density at radius 1 is 1.15 bits per heavy atom. The molecular formula is C18H23N7S. The Morgan fingerprint density at radius 2 is 2.00 bits per heavy atom. The maximum atomic E-state index is 4.59. The molecule has 8 heteroatoms. The molecule has 136 valence electrons. The van der Waals surface area contributed by atoms with Crippen molar-refractivity contribution in [1.29, 1.82) is 0 Å². The molecule has 1 aliphatic rings. The number of fused-ring (bicyclic) bond motifs is 1. The molecule has 26 heavy (non-hydrogen) atoms. The van der Waals surface area contributed by atoms with Crippen molar-refractivity contribution in [3.8, 4) is 0 Å². The molecule has 1 aromatic carbocycles. The van der Waals surface area contributed by atoms with Gasteiger partial charge in [-0.25, -0.2) is 9.97 Å². The van der Waals surface area contributed by atoms with Gasteiger partial charge in [-0.3, -0.25) is 5.10 Å². The third-order valence-corrected chi connectivity index (χ3v) is 5.18. The van der Waals surface area contributed by atoms with Crippen molar-refractivity contribution < 1.29 is 0 Å². The molecular weight excluding hydrogens is 346 g/mol. The Morgan fingerprint density at radius 3 is 2.85 bits per heavy atom. The summed E-state index contributed by atoms with van der Waals surface area (Å²) >= 11 is 1.55. The normalized spacial score (nSPS) is 15.3. The summed E-state index contributed by atoms with van der Waals surface area (Å²) < 4.78 is 0. The molecule has 0 radical (unpaired) electrons. The van der Waals surface area contributed by atoms with Gasteiger partial charge in [0.2, 0.25) is 0 Å². The van der Waals surface area contributed by atoms with Crippen LogP contribution in [0.2, 0.25) is 0 Å². The largest absolute Gasteiger partial charge is 0.370 e. The molecule has 0 bridgehead atoms. The summed E-state index contributed by atoms with van der Waals surface area (Å²) in [5, 5.41) is 19.1. The van der Waals surface area contributed by atoms with Crippen molar-refractivity contribution in [1.82, 2.24) is 25.5 Å². The van der Waals surface area contributed by atoms with Gasteiger partial charge in [-0.05, 0) is 56.3 Å². The second kappa shape index (κ2) is 7.92. The summed E-state index contributed by atoms with van der Waals surface area (Å²) in [6.07, 6.45) is 6.24. The third-order valence-electron chi connectivity index (χ3n) is 4.63. The number of H-pyrrole nitrogens is 1. The molecule has 0 spiro atoms. The van der Waals surface area contributed by atoms with E-state index in [0.717, 1.165) is 53.0 Å². The molecule has 4 rings (SSSR count). The molecule has 1 fully saturated rings. The lowest BCUT2D eigenvalue weighted by atomic mass is 9.98. The van der Waals surface area contributed by atoms with Crippen LogP contribution in [0, 0.1) is 5.92 Å². The first-order chi connectivity index (χ1) is 12.8. The van der Waals surface area contributed by atoms with E-state index in [0.29, 0.717) is 5.92 Å². The molecule has 3 aromatic rings. The maximum Gasteiger partial charge on any atom is 0.191 e. The molecule has 1 saturated heterocycles. The summed E-state index contributed by atoms with van der Waals surface area (Å²) in [7, 11) is 0. The number of rotatable bonds is 6. The van der Waals surface area contributed by atoms with Crippen molar-refractivity contribution in [2.45, 2.75) is 18.0 Å². The van der Waals surface area contributed by atoms with Gasteiger partial charge in [-0.15, -0.1) is 0 Å². The predicted octanol–water partition coefficient (Wildman–Crippen LogP) is 3.23. The SMILES string of the molecule is CSc1nc(NCC2CCNCC2)cc(Nc2ccc3[nH]ncc3c2)n1. The molecule has 0 saturated carbocycles. The van der Waals surface area contributed by atoms with Crippen LogP contribution in [0.4, 0.5) is 17.3 Å². The molecule has 7 nitrogen and oxygen atoms in total. The summed E-state index contributed by atoms with van der Waals surface area (Å²) in [6.45, 7) is 3.16. The minimum Gasteiger partial charge on any atom is -0.370 e. The molecule has 0 amide bonds. The second-order valence-electron chi connectivity index (χ2n) is 6.50. The quantitative estimate of drug-likeness (QED) is 0.392. The minimum absolute atomic E-state index is 0.698. The number of nitrogens with one attached hydrogen (secondary N) is 4. The van der Waals surface area contributed by atoms with Crippen LogP contribution in [0.15, 0.2) is 35.6 Å². The van der Waals surface area contributed by atoms with Crippen molar-refractivity contribution in [2.75, 3.05) is 36.5 Å². The average molecular weight is 369 g/mol. The van der Waals surface area contributed by atoms with Crippen LogP contribution in [-0.2, 0) is 0 Å². The third kappa shape index (κ3) is 4.08. The van der Waals surface area contributed by atoms with Gasteiger partial charge in [0.05, 0.1) is 11.7 Å². The van der Waals surface area contributed by atoms with Gasteiger partial charge in [0.15, 0.2) is 5.16 Å². The van der Waals surface area contributed by atoms with Crippen LogP contribution in [0.3, 0.4) is 0 Å². The molecule has 0 unspecified atom stereocenters. The lowest BCUT2D eigenvalue weighted by molar-refractivity contribution is 0.389. The van der Waals surface area contributed by atoms with E-state index < -0.39 is 0 Å². The van der Waals surface area contributed by atoms with Crippen LogP contribution in [0.25, 0.3) is 10.9 Å². The maximum absolute atomic E-state index is 4.59. The van der Waals surface area contributed by atoms with E-state index in [1.165, 1.54) is 12.8 Å². The summed E-state index contributed by atoms with van der Waals surface area (Å²) in [6, 6.07) is 8.06. The van der Waals surface area contributed by atoms with Crippen molar-refractivity contribution in [2.24, 2.45) is 5.92 Å². The molecule has 1 aliphatic heterocycles. The van der Waals surface area contributed by atoms with Crippen molar-refractivity contribution >= 4 is 40.0 Å². The Bertz CT molecular complexity index is 873. The van der Waals surface area contributed by atoms with Crippen LogP contribution < -0.4 is 16.0 Å². The smallest absolute Gasteiger partial charge is 0.191 e. The van der Waals surface area contributed by atoms with Gasteiger partial charge in [-0.2, -0.15) is 5.10 Å². The molecule has 0 aliphatic carbocycles. The standard InChI is InChI=1S/C18H23N7S/c1-26-18-23-16(20-10-12-4-6-19-7-5-12)9-17(24-18)22-14-2-3-15-13(8-14)11-21-25-15/h2-3,8-9,11-12,19H,4-7,10H2,1H3,(H,21,25)(H2,20,22,23,24). The number of aromatic amines is 1. The fourth-order valence-corrected chi connectivity index (χ4v) is 3.55. The number of hydrogen-bond donors (Lipinski definition) is 4. The van der Waals surface area contributed by atoms with Crippen LogP contribution in [0.5, 0.6) is 0 Å². The van der Waals surface area contributed by atoms with Gasteiger partial charge in [0.1, 0.15) is 11.6 Å². The number of nitrogens with zero attached hydrogens (tertiary/aromatic N) is 3. The molecule has 0 atom stereocenters. The number of hydrogen-bond acceptors (Lipinski definition) is 7. The number of piperidine rings is 1. The summed E-state index contributed by atoms with van der Waals surface area (Å²) in [5.41, 5.74) is 2.00. The Hall–Kier alpha value is -2.32. The first kappa shape index (κ1) is 17.1. The van der Waals surface area contributed by atoms with Crippen LogP contribution >= 0.6 is 11.8 Å². The highest BCUT2D eigenvalue weighted by Crippen LogP contribution is 2.24. The van der Waals surface area contributed by atoms with Crippen molar-refractivity contribution in [3.05, 3.63) is 30.5 Å². The number of thioether (sulfide) groups is 1. The highest BCUT2D eigenvalue weighted by Gasteiger charge is 2.13. The summed E-state index contributed by atoms with van der Waals surface area (Å²) in [4.78, 5) is 9.17. The van der Waals surface area contributed by atoms with Gasteiger partial charge in [0.25, 0.3) is 0 Å². The Kier molecular flexibility index (Phi) is 5.21. The number of benzene rings is 1. The van der Waals surface area contributed by atoms with Crippen molar-refractivity contribution in [3.63, 3.8) is 0 Å². The Balaban J connectivity index is 1.49. The fourth-order valence-electron chi connectivity index (χ4n) is 3.17. The highest BCUT2D eigenvalue weighted by atomic mass is 32.2. The summed E-state index contributed by atoms with van der Waals surface area (Å²) in [5.74, 6) is 2.36. The number of anilines is 3. The van der Waals surface area contributed by atoms with Gasteiger partial charge < -0.3 is 16.0 Å². The second-order valence-corrected chi connectivity index (χ2v) is 7.27. The minimum atomic E-state index is 0.698. The average Bonchev–Trinajstić information content (AvgIpc) is 3.15. The predicted molar refractivity (Wildman–Crippen MR) is 107 cm³/mol. The molecule has 3 heterocycles. The van der Waals surface area contributed by atoms with E-state index >= 15 is 0 Å². The Labute approximate surface area is 156 Å². The van der Waals surface area contributed by atoms with E-state index in [4.69, 9.17) is 0 Å². The van der Waals surface area contributed by atoms with E-state index in [1.807, 2.05) is 30.7 Å². The van der Waals surface area contributed by atoms with Gasteiger partial charge in [-0.1, -0.05) is 11.8 Å².